The molecule has 0 aliphatic heterocycles. The monoisotopic (exact) mass is 263 g/mol. The quantitative estimate of drug-likeness (QED) is 0.871. The summed E-state index contributed by atoms with van der Waals surface area (Å²) < 4.78 is 5.72. The summed E-state index contributed by atoms with van der Waals surface area (Å²) in [5, 5.41) is 3.37. The minimum atomic E-state index is 0.105. The number of hydrogen-bond donors (Lipinski definition) is 1. The van der Waals surface area contributed by atoms with Crippen LogP contribution in [0, 0.1) is 6.92 Å². The number of benzene rings is 1. The lowest BCUT2D eigenvalue weighted by Gasteiger charge is -2.26. The van der Waals surface area contributed by atoms with Crippen LogP contribution in [0.5, 0.6) is 5.75 Å². The second-order valence-corrected chi connectivity index (χ2v) is 6.35. The summed E-state index contributed by atoms with van der Waals surface area (Å²) >= 11 is 0. The summed E-state index contributed by atoms with van der Waals surface area (Å²) in [6, 6.07) is 5.01. The largest absolute Gasteiger partial charge is 0.496 e. The zero-order valence-corrected chi connectivity index (χ0v) is 13.6. The van der Waals surface area contributed by atoms with E-state index >= 15 is 0 Å². The summed E-state index contributed by atoms with van der Waals surface area (Å²) in [6.07, 6.45) is 2.14. The average molecular weight is 263 g/mol. The van der Waals surface area contributed by atoms with Crippen molar-refractivity contribution < 1.29 is 4.74 Å². The predicted octanol–water partition coefficient (Wildman–Crippen LogP) is 3.84. The van der Waals surface area contributed by atoms with Gasteiger partial charge in [-0.05, 0) is 37.8 Å². The standard InChI is InChI=1S/C17H29NO/c1-8-14(18-6)11-13-9-12(2)10-15(16(13)19-7)17(3,4)5/h9-10,14,18H,8,11H2,1-7H3. The molecule has 0 saturated carbocycles. The molecule has 0 aromatic heterocycles. The fourth-order valence-electron chi connectivity index (χ4n) is 2.51. The minimum Gasteiger partial charge on any atom is -0.496 e. The van der Waals surface area contributed by atoms with E-state index in [1.807, 2.05) is 7.05 Å². The first-order valence-corrected chi connectivity index (χ1v) is 7.18. The smallest absolute Gasteiger partial charge is 0.125 e. The Morgan fingerprint density at radius 1 is 1.26 bits per heavy atom. The van der Waals surface area contributed by atoms with E-state index in [1.54, 1.807) is 7.11 Å². The van der Waals surface area contributed by atoms with Crippen LogP contribution in [0.15, 0.2) is 12.1 Å². The maximum Gasteiger partial charge on any atom is 0.125 e. The van der Waals surface area contributed by atoms with E-state index in [-0.39, 0.29) is 5.41 Å². The Labute approximate surface area is 118 Å². The van der Waals surface area contributed by atoms with Crippen molar-refractivity contribution in [2.75, 3.05) is 14.2 Å². The van der Waals surface area contributed by atoms with Gasteiger partial charge >= 0.3 is 0 Å². The Bertz CT molecular complexity index is 414. The molecular formula is C17H29NO. The Morgan fingerprint density at radius 3 is 2.32 bits per heavy atom. The van der Waals surface area contributed by atoms with Gasteiger partial charge in [0.25, 0.3) is 0 Å². The van der Waals surface area contributed by atoms with E-state index in [0.717, 1.165) is 18.6 Å². The molecule has 0 fully saturated rings. The van der Waals surface area contributed by atoms with Crippen molar-refractivity contribution in [1.82, 2.24) is 5.32 Å². The molecule has 1 N–H and O–H groups in total. The van der Waals surface area contributed by atoms with Crippen molar-refractivity contribution in [3.63, 3.8) is 0 Å². The molecule has 0 saturated heterocycles. The van der Waals surface area contributed by atoms with Crippen molar-refractivity contribution in [3.8, 4) is 5.75 Å². The Hall–Kier alpha value is -1.02. The molecule has 1 atom stereocenters. The maximum atomic E-state index is 5.72. The highest BCUT2D eigenvalue weighted by atomic mass is 16.5. The second-order valence-electron chi connectivity index (χ2n) is 6.35. The number of aryl methyl sites for hydroxylation is 1. The second kappa shape index (κ2) is 6.42. The maximum absolute atomic E-state index is 5.72. The van der Waals surface area contributed by atoms with Crippen LogP contribution in [0.2, 0.25) is 0 Å². The van der Waals surface area contributed by atoms with Crippen molar-refractivity contribution in [2.24, 2.45) is 0 Å². The lowest BCUT2D eigenvalue weighted by atomic mass is 9.83. The summed E-state index contributed by atoms with van der Waals surface area (Å²) in [5.41, 5.74) is 4.03. The summed E-state index contributed by atoms with van der Waals surface area (Å²) in [5.74, 6) is 1.06. The predicted molar refractivity (Wildman–Crippen MR) is 83.3 cm³/mol. The van der Waals surface area contributed by atoms with Crippen LogP contribution in [0.3, 0.4) is 0 Å². The van der Waals surface area contributed by atoms with Crippen molar-refractivity contribution in [2.45, 2.75) is 58.9 Å². The normalized spacial score (nSPS) is 13.4. The van der Waals surface area contributed by atoms with Crippen LogP contribution >= 0.6 is 0 Å². The zero-order valence-electron chi connectivity index (χ0n) is 13.6. The molecule has 1 aromatic rings. The van der Waals surface area contributed by atoms with Crippen molar-refractivity contribution in [1.29, 1.82) is 0 Å². The van der Waals surface area contributed by atoms with Gasteiger partial charge in [-0.1, -0.05) is 45.4 Å². The lowest BCUT2D eigenvalue weighted by molar-refractivity contribution is 0.388. The van der Waals surface area contributed by atoms with Gasteiger partial charge in [-0.25, -0.2) is 0 Å². The fraction of sp³-hybridized carbons (Fsp3) is 0.647. The van der Waals surface area contributed by atoms with Gasteiger partial charge in [0.15, 0.2) is 0 Å². The van der Waals surface area contributed by atoms with Gasteiger partial charge in [-0.15, -0.1) is 0 Å². The van der Waals surface area contributed by atoms with E-state index in [1.165, 1.54) is 16.7 Å². The van der Waals surface area contributed by atoms with Crippen LogP contribution in [0.4, 0.5) is 0 Å². The van der Waals surface area contributed by atoms with Crippen LogP contribution in [0.25, 0.3) is 0 Å². The van der Waals surface area contributed by atoms with Gasteiger partial charge in [-0.3, -0.25) is 0 Å². The molecule has 19 heavy (non-hydrogen) atoms. The third-order valence-corrected chi connectivity index (χ3v) is 3.69. The molecule has 0 heterocycles. The van der Waals surface area contributed by atoms with Gasteiger partial charge in [0.05, 0.1) is 7.11 Å². The first-order chi connectivity index (χ1) is 8.83. The number of nitrogens with one attached hydrogen (secondary N) is 1. The molecule has 2 heteroatoms. The Kier molecular flexibility index (Phi) is 5.42. The summed E-state index contributed by atoms with van der Waals surface area (Å²) in [6.45, 7) is 11.1. The molecule has 1 rings (SSSR count). The molecule has 0 radical (unpaired) electrons. The molecule has 0 spiro atoms. The van der Waals surface area contributed by atoms with Gasteiger partial charge in [-0.2, -0.15) is 0 Å². The third kappa shape index (κ3) is 3.97. The number of rotatable bonds is 5. The molecule has 0 aliphatic carbocycles. The number of methoxy groups -OCH3 is 1. The van der Waals surface area contributed by atoms with Crippen molar-refractivity contribution in [3.05, 3.63) is 28.8 Å². The number of hydrogen-bond acceptors (Lipinski definition) is 2. The first-order valence-electron chi connectivity index (χ1n) is 7.18. The van der Waals surface area contributed by atoms with Crippen molar-refractivity contribution >= 4 is 0 Å². The summed E-state index contributed by atoms with van der Waals surface area (Å²) in [4.78, 5) is 0. The van der Waals surface area contributed by atoms with E-state index < -0.39 is 0 Å². The van der Waals surface area contributed by atoms with Crippen LogP contribution in [-0.2, 0) is 11.8 Å². The third-order valence-electron chi connectivity index (χ3n) is 3.69. The summed E-state index contributed by atoms with van der Waals surface area (Å²) in [7, 11) is 3.81. The Morgan fingerprint density at radius 2 is 1.89 bits per heavy atom. The number of ether oxygens (including phenoxy) is 1. The van der Waals surface area contributed by atoms with Gasteiger partial charge in [0, 0.05) is 11.6 Å². The van der Waals surface area contributed by atoms with Gasteiger partial charge in [0.1, 0.15) is 5.75 Å². The van der Waals surface area contributed by atoms with Gasteiger partial charge in [0.2, 0.25) is 0 Å². The molecule has 0 amide bonds. The van der Waals surface area contributed by atoms with E-state index in [0.29, 0.717) is 6.04 Å². The zero-order chi connectivity index (χ0) is 14.6. The molecule has 1 unspecified atom stereocenters. The Balaban J connectivity index is 3.27. The lowest BCUT2D eigenvalue weighted by Crippen LogP contribution is -2.27. The average Bonchev–Trinajstić information content (AvgIpc) is 2.34. The van der Waals surface area contributed by atoms with Crippen LogP contribution in [0.1, 0.15) is 50.8 Å². The fourth-order valence-corrected chi connectivity index (χ4v) is 2.51. The molecule has 0 aliphatic rings. The highest BCUT2D eigenvalue weighted by molar-refractivity contribution is 5.48. The molecule has 108 valence electrons. The molecule has 0 bridgehead atoms. The van der Waals surface area contributed by atoms with Crippen LogP contribution < -0.4 is 10.1 Å². The minimum absolute atomic E-state index is 0.105. The van der Waals surface area contributed by atoms with E-state index in [4.69, 9.17) is 4.74 Å². The van der Waals surface area contributed by atoms with Gasteiger partial charge < -0.3 is 10.1 Å². The first kappa shape index (κ1) is 16.0. The van der Waals surface area contributed by atoms with Crippen LogP contribution in [-0.4, -0.2) is 20.2 Å². The van der Waals surface area contributed by atoms with E-state index in [9.17, 15) is 0 Å². The SMILES string of the molecule is CCC(Cc1cc(C)cc(C(C)(C)C)c1OC)NC. The molecular weight excluding hydrogens is 234 g/mol. The highest BCUT2D eigenvalue weighted by Crippen LogP contribution is 2.35. The van der Waals surface area contributed by atoms with E-state index in [2.05, 4.69) is 52.1 Å². The highest BCUT2D eigenvalue weighted by Gasteiger charge is 2.22. The number of likely N-dealkylation sites (N-methyl/N-ethyl adjacent to an activating group) is 1. The molecule has 1 aromatic carbocycles. The topological polar surface area (TPSA) is 21.3 Å². The molecule has 2 nitrogen and oxygen atoms in total.